The van der Waals surface area contributed by atoms with E-state index in [0.717, 1.165) is 10.2 Å². The normalized spacial score (nSPS) is 12.3. The molecule has 0 bridgehead atoms. The van der Waals surface area contributed by atoms with E-state index in [0.29, 0.717) is 16.7 Å². The molecule has 1 heterocycles. The molecule has 1 aromatic heterocycles. The van der Waals surface area contributed by atoms with Crippen LogP contribution >= 0.6 is 0 Å². The van der Waals surface area contributed by atoms with Crippen LogP contribution in [0.1, 0.15) is 5.56 Å². The maximum Gasteiger partial charge on any atom is 0.277 e. The van der Waals surface area contributed by atoms with Gasteiger partial charge in [-0.05, 0) is 36.8 Å². The van der Waals surface area contributed by atoms with Crippen molar-refractivity contribution >= 4 is 10.9 Å². The lowest BCUT2D eigenvalue weighted by molar-refractivity contribution is 0.0873. The fraction of sp³-hybridized carbons (Fsp3) is 0.235. The van der Waals surface area contributed by atoms with Gasteiger partial charge in [-0.3, -0.25) is 4.79 Å². The first kappa shape index (κ1) is 15.2. The molecule has 23 heavy (non-hydrogen) atoms. The number of fused-ring (bicyclic) bond motifs is 1. The summed E-state index contributed by atoms with van der Waals surface area (Å²) in [6, 6.07) is 14.5. The Kier molecular flexibility index (Phi) is 4.34. The van der Waals surface area contributed by atoms with Crippen molar-refractivity contribution in [2.75, 3.05) is 6.61 Å². The Bertz CT molecular complexity index is 876. The number of nitrogens with zero attached hydrogens (tertiary/aromatic N) is 3. The molecule has 0 saturated heterocycles. The topological polar surface area (TPSA) is 77.2 Å². The van der Waals surface area contributed by atoms with E-state index >= 15 is 0 Å². The summed E-state index contributed by atoms with van der Waals surface area (Å²) in [6.07, 6.45) is -0.858. The number of ether oxygens (including phenoxy) is 1. The van der Waals surface area contributed by atoms with Gasteiger partial charge in [-0.25, -0.2) is 4.68 Å². The zero-order valence-corrected chi connectivity index (χ0v) is 12.7. The molecule has 0 fully saturated rings. The van der Waals surface area contributed by atoms with Crippen molar-refractivity contribution in [3.8, 4) is 5.75 Å². The Labute approximate surface area is 133 Å². The fourth-order valence-corrected chi connectivity index (χ4v) is 2.29. The average Bonchev–Trinajstić information content (AvgIpc) is 2.56. The molecule has 1 unspecified atom stereocenters. The summed E-state index contributed by atoms with van der Waals surface area (Å²) in [5, 5.41) is 18.4. The molecule has 6 nitrogen and oxygen atoms in total. The monoisotopic (exact) mass is 311 g/mol. The minimum atomic E-state index is -0.858. The SMILES string of the molecule is Cc1cccc(OCC(O)Cn2nnc3ccccc3c2=O)c1. The number of benzene rings is 2. The zero-order chi connectivity index (χ0) is 16.2. The molecular formula is C17H17N3O3. The smallest absolute Gasteiger partial charge is 0.277 e. The van der Waals surface area contributed by atoms with Gasteiger partial charge in [0, 0.05) is 0 Å². The summed E-state index contributed by atoms with van der Waals surface area (Å²) in [5.74, 6) is 0.681. The van der Waals surface area contributed by atoms with Crippen LogP contribution in [0.15, 0.2) is 53.3 Å². The number of rotatable bonds is 5. The van der Waals surface area contributed by atoms with Gasteiger partial charge in [-0.1, -0.05) is 29.5 Å². The molecule has 1 atom stereocenters. The van der Waals surface area contributed by atoms with E-state index in [4.69, 9.17) is 4.74 Å². The van der Waals surface area contributed by atoms with Crippen molar-refractivity contribution in [1.82, 2.24) is 15.0 Å². The molecule has 1 N–H and O–H groups in total. The first-order chi connectivity index (χ1) is 11.1. The molecule has 2 aromatic carbocycles. The van der Waals surface area contributed by atoms with Crippen molar-refractivity contribution in [2.45, 2.75) is 19.6 Å². The van der Waals surface area contributed by atoms with Crippen molar-refractivity contribution < 1.29 is 9.84 Å². The summed E-state index contributed by atoms with van der Waals surface area (Å²) in [4.78, 5) is 12.3. The van der Waals surface area contributed by atoms with E-state index in [1.165, 1.54) is 0 Å². The van der Waals surface area contributed by atoms with Crippen LogP contribution < -0.4 is 10.3 Å². The standard InChI is InChI=1S/C17H17N3O3/c1-12-5-4-6-14(9-12)23-11-13(21)10-20-17(22)15-7-2-3-8-16(15)18-19-20/h2-9,13,21H,10-11H2,1H3. The lowest BCUT2D eigenvalue weighted by Crippen LogP contribution is -2.32. The molecule has 3 aromatic rings. The Morgan fingerprint density at radius 1 is 1.22 bits per heavy atom. The lowest BCUT2D eigenvalue weighted by Gasteiger charge is -2.13. The summed E-state index contributed by atoms with van der Waals surface area (Å²) in [6.45, 7) is 2.07. The van der Waals surface area contributed by atoms with Crippen LogP contribution in [0, 0.1) is 6.92 Å². The van der Waals surface area contributed by atoms with E-state index in [9.17, 15) is 9.90 Å². The van der Waals surface area contributed by atoms with E-state index in [1.54, 1.807) is 24.3 Å². The van der Waals surface area contributed by atoms with Crippen LogP contribution in [-0.2, 0) is 6.54 Å². The molecule has 0 aliphatic carbocycles. The van der Waals surface area contributed by atoms with Crippen molar-refractivity contribution in [2.24, 2.45) is 0 Å². The van der Waals surface area contributed by atoms with E-state index in [2.05, 4.69) is 10.3 Å². The lowest BCUT2D eigenvalue weighted by atomic mass is 10.2. The van der Waals surface area contributed by atoms with Crippen LogP contribution in [0.3, 0.4) is 0 Å². The molecule has 0 aliphatic rings. The van der Waals surface area contributed by atoms with Crippen LogP contribution in [0.5, 0.6) is 5.75 Å². The maximum atomic E-state index is 12.3. The molecule has 3 rings (SSSR count). The van der Waals surface area contributed by atoms with E-state index < -0.39 is 6.10 Å². The van der Waals surface area contributed by atoms with Gasteiger partial charge in [0.2, 0.25) is 0 Å². The number of hydrogen-bond acceptors (Lipinski definition) is 5. The summed E-state index contributed by atoms with van der Waals surface area (Å²) < 4.78 is 6.69. The van der Waals surface area contributed by atoms with Gasteiger partial charge in [0.25, 0.3) is 5.56 Å². The van der Waals surface area contributed by atoms with Gasteiger partial charge in [0.15, 0.2) is 0 Å². The summed E-state index contributed by atoms with van der Waals surface area (Å²) in [5.41, 5.74) is 1.35. The maximum absolute atomic E-state index is 12.3. The molecule has 0 amide bonds. The number of aromatic nitrogens is 3. The van der Waals surface area contributed by atoms with Crippen molar-refractivity contribution in [1.29, 1.82) is 0 Å². The highest BCUT2D eigenvalue weighted by Crippen LogP contribution is 2.12. The van der Waals surface area contributed by atoms with Gasteiger partial charge in [-0.15, -0.1) is 5.10 Å². The predicted molar refractivity (Wildman–Crippen MR) is 86.5 cm³/mol. The van der Waals surface area contributed by atoms with E-state index in [1.807, 2.05) is 31.2 Å². The van der Waals surface area contributed by atoms with E-state index in [-0.39, 0.29) is 18.7 Å². The Hall–Kier alpha value is -2.73. The Morgan fingerprint density at radius 2 is 2.04 bits per heavy atom. The third-order valence-electron chi connectivity index (χ3n) is 3.44. The second kappa shape index (κ2) is 6.58. The van der Waals surface area contributed by atoms with Crippen molar-refractivity contribution in [3.63, 3.8) is 0 Å². The number of aliphatic hydroxyl groups excluding tert-OH is 1. The highest BCUT2D eigenvalue weighted by Gasteiger charge is 2.11. The van der Waals surface area contributed by atoms with Gasteiger partial charge in [0.1, 0.15) is 24.0 Å². The highest BCUT2D eigenvalue weighted by atomic mass is 16.5. The number of aliphatic hydroxyl groups is 1. The molecule has 118 valence electrons. The average molecular weight is 311 g/mol. The molecular weight excluding hydrogens is 294 g/mol. The molecule has 0 saturated carbocycles. The number of aryl methyl sites for hydroxylation is 1. The predicted octanol–water partition coefficient (Wildman–Crippen LogP) is 1.54. The third kappa shape index (κ3) is 3.54. The quantitative estimate of drug-likeness (QED) is 0.773. The minimum Gasteiger partial charge on any atom is -0.491 e. The minimum absolute atomic E-state index is 0.0302. The molecule has 6 heteroatoms. The first-order valence-corrected chi connectivity index (χ1v) is 7.33. The second-order valence-corrected chi connectivity index (χ2v) is 5.38. The number of hydrogen-bond donors (Lipinski definition) is 1. The summed E-state index contributed by atoms with van der Waals surface area (Å²) >= 11 is 0. The highest BCUT2D eigenvalue weighted by molar-refractivity contribution is 5.76. The summed E-state index contributed by atoms with van der Waals surface area (Å²) in [7, 11) is 0. The first-order valence-electron chi connectivity index (χ1n) is 7.33. The Morgan fingerprint density at radius 3 is 2.87 bits per heavy atom. The van der Waals surface area contributed by atoms with Crippen LogP contribution in [0.25, 0.3) is 10.9 Å². The zero-order valence-electron chi connectivity index (χ0n) is 12.7. The van der Waals surface area contributed by atoms with Gasteiger partial charge < -0.3 is 9.84 Å². The van der Waals surface area contributed by atoms with Crippen molar-refractivity contribution in [3.05, 3.63) is 64.4 Å². The molecule has 0 aliphatic heterocycles. The van der Waals surface area contributed by atoms with Crippen LogP contribution in [0.2, 0.25) is 0 Å². The van der Waals surface area contributed by atoms with Gasteiger partial charge >= 0.3 is 0 Å². The van der Waals surface area contributed by atoms with Crippen LogP contribution in [-0.4, -0.2) is 32.8 Å². The second-order valence-electron chi connectivity index (χ2n) is 5.38. The van der Waals surface area contributed by atoms with Gasteiger partial charge in [0.05, 0.1) is 11.9 Å². The van der Waals surface area contributed by atoms with Gasteiger partial charge in [-0.2, -0.15) is 0 Å². The Balaban J connectivity index is 1.69. The fourth-order valence-electron chi connectivity index (χ4n) is 2.29. The van der Waals surface area contributed by atoms with Crippen LogP contribution in [0.4, 0.5) is 0 Å². The molecule has 0 spiro atoms. The molecule has 0 radical (unpaired) electrons. The third-order valence-corrected chi connectivity index (χ3v) is 3.44. The largest absolute Gasteiger partial charge is 0.491 e.